The molecule has 2 aliphatic heterocycles. The summed E-state index contributed by atoms with van der Waals surface area (Å²) < 4.78 is 20.0. The number of aryl methyl sites for hydroxylation is 1. The van der Waals surface area contributed by atoms with Crippen molar-refractivity contribution in [3.8, 4) is 0 Å². The van der Waals surface area contributed by atoms with E-state index >= 15 is 0 Å². The highest BCUT2D eigenvalue weighted by Crippen LogP contribution is 2.29. The van der Waals surface area contributed by atoms with Crippen molar-refractivity contribution < 1.29 is 9.13 Å². The summed E-state index contributed by atoms with van der Waals surface area (Å²) in [6, 6.07) is 5.34. The molecular weight excluding hydrogens is 257 g/mol. The quantitative estimate of drug-likeness (QED) is 0.650. The number of benzene rings is 1. The van der Waals surface area contributed by atoms with Gasteiger partial charge in [0, 0.05) is 18.2 Å². The number of hydrogen-bond donors (Lipinski definition) is 2. The number of nitrogens with one attached hydrogen (secondary N) is 1. The number of nitrogens with zero attached hydrogens (tertiary/aromatic N) is 1. The third kappa shape index (κ3) is 2.59. The average molecular weight is 279 g/mol. The van der Waals surface area contributed by atoms with Crippen LogP contribution in [-0.2, 0) is 4.74 Å². The maximum absolute atomic E-state index is 14.1. The number of rotatable bonds is 3. The normalized spacial score (nSPS) is 28.4. The topological polar surface area (TPSA) is 50.5 Å². The van der Waals surface area contributed by atoms with Gasteiger partial charge in [0.2, 0.25) is 0 Å². The third-order valence-electron chi connectivity index (χ3n) is 4.45. The minimum atomic E-state index is -0.309. The summed E-state index contributed by atoms with van der Waals surface area (Å²) in [6.07, 6.45) is 2.32. The number of hydrogen-bond acceptors (Lipinski definition) is 4. The highest BCUT2D eigenvalue weighted by molar-refractivity contribution is 5.28. The summed E-state index contributed by atoms with van der Waals surface area (Å²) in [6.45, 7) is 4.59. The van der Waals surface area contributed by atoms with Crippen molar-refractivity contribution in [1.82, 2.24) is 10.3 Å². The predicted octanol–water partition coefficient (Wildman–Crippen LogP) is 1.50. The molecule has 0 saturated carbocycles. The molecule has 0 radical (unpaired) electrons. The summed E-state index contributed by atoms with van der Waals surface area (Å²) in [5, 5.41) is 0. The van der Waals surface area contributed by atoms with Crippen molar-refractivity contribution in [1.29, 1.82) is 0 Å². The first kappa shape index (κ1) is 13.9. The van der Waals surface area contributed by atoms with E-state index in [1.165, 1.54) is 18.9 Å². The molecule has 0 bridgehead atoms. The molecule has 3 unspecified atom stereocenters. The van der Waals surface area contributed by atoms with E-state index in [9.17, 15) is 4.39 Å². The van der Waals surface area contributed by atoms with Crippen LogP contribution in [0.4, 0.5) is 4.39 Å². The van der Waals surface area contributed by atoms with Crippen LogP contribution in [0, 0.1) is 12.7 Å². The van der Waals surface area contributed by atoms with Crippen LogP contribution in [0.15, 0.2) is 18.2 Å². The summed E-state index contributed by atoms with van der Waals surface area (Å²) in [4.78, 5) is 2.44. The average Bonchev–Trinajstić information content (AvgIpc) is 2.91. The van der Waals surface area contributed by atoms with Crippen LogP contribution >= 0.6 is 0 Å². The summed E-state index contributed by atoms with van der Waals surface area (Å²) in [5.74, 6) is 5.45. The third-order valence-corrected chi connectivity index (χ3v) is 4.45. The molecule has 5 heteroatoms. The first-order chi connectivity index (χ1) is 9.69. The highest BCUT2D eigenvalue weighted by atomic mass is 19.1. The zero-order chi connectivity index (χ0) is 14.1. The molecule has 2 fully saturated rings. The van der Waals surface area contributed by atoms with Gasteiger partial charge in [0.25, 0.3) is 0 Å². The van der Waals surface area contributed by atoms with E-state index in [0.717, 1.165) is 25.3 Å². The number of nitrogens with two attached hydrogens (primary N) is 1. The molecule has 3 atom stereocenters. The molecule has 20 heavy (non-hydrogen) atoms. The Hall–Kier alpha value is -1.01. The molecule has 0 amide bonds. The van der Waals surface area contributed by atoms with Crippen LogP contribution in [0.5, 0.6) is 0 Å². The smallest absolute Gasteiger partial charge is 0.128 e. The van der Waals surface area contributed by atoms with E-state index in [2.05, 4.69) is 10.3 Å². The minimum absolute atomic E-state index is 0.106. The molecule has 0 spiro atoms. The van der Waals surface area contributed by atoms with Gasteiger partial charge in [-0.05, 0) is 32.4 Å². The Morgan fingerprint density at radius 3 is 3.15 bits per heavy atom. The van der Waals surface area contributed by atoms with Gasteiger partial charge in [-0.1, -0.05) is 17.7 Å². The maximum atomic E-state index is 14.1. The molecule has 4 nitrogen and oxygen atoms in total. The van der Waals surface area contributed by atoms with Crippen molar-refractivity contribution in [2.75, 3.05) is 19.7 Å². The SMILES string of the molecule is Cc1ccc(F)c(C(NN)C2CN3CCCC3CO2)c1. The highest BCUT2D eigenvalue weighted by Gasteiger charge is 2.36. The van der Waals surface area contributed by atoms with E-state index < -0.39 is 0 Å². The minimum Gasteiger partial charge on any atom is -0.373 e. The lowest BCUT2D eigenvalue weighted by atomic mass is 9.98. The van der Waals surface area contributed by atoms with E-state index in [1.807, 2.05) is 13.0 Å². The second-order valence-corrected chi connectivity index (χ2v) is 5.83. The van der Waals surface area contributed by atoms with Gasteiger partial charge in [0.1, 0.15) is 5.82 Å². The Morgan fingerprint density at radius 1 is 1.50 bits per heavy atom. The number of morpholine rings is 1. The summed E-state index contributed by atoms with van der Waals surface area (Å²) >= 11 is 0. The lowest BCUT2D eigenvalue weighted by molar-refractivity contribution is -0.0657. The Labute approximate surface area is 119 Å². The van der Waals surface area contributed by atoms with Gasteiger partial charge in [-0.2, -0.15) is 0 Å². The van der Waals surface area contributed by atoms with Crippen LogP contribution in [-0.4, -0.2) is 36.7 Å². The zero-order valence-corrected chi connectivity index (χ0v) is 11.8. The van der Waals surface area contributed by atoms with Gasteiger partial charge in [-0.3, -0.25) is 16.2 Å². The van der Waals surface area contributed by atoms with E-state index in [1.54, 1.807) is 6.07 Å². The standard InChI is InChI=1S/C15H22FN3O/c1-10-4-5-13(16)12(7-10)15(18-17)14-8-19-6-2-3-11(19)9-20-14/h4-5,7,11,14-15,18H,2-3,6,8-9,17H2,1H3. The second-order valence-electron chi connectivity index (χ2n) is 5.83. The van der Waals surface area contributed by atoms with Gasteiger partial charge in [0.05, 0.1) is 18.8 Å². The molecule has 0 aliphatic carbocycles. The zero-order valence-electron chi connectivity index (χ0n) is 11.8. The van der Waals surface area contributed by atoms with Crippen LogP contribution in [0.25, 0.3) is 0 Å². The molecule has 2 aliphatic rings. The van der Waals surface area contributed by atoms with Crippen molar-refractivity contribution in [2.45, 2.75) is 38.0 Å². The Balaban J connectivity index is 1.81. The molecular formula is C15H22FN3O. The van der Waals surface area contributed by atoms with Gasteiger partial charge < -0.3 is 4.74 Å². The van der Waals surface area contributed by atoms with Crippen LogP contribution in [0.2, 0.25) is 0 Å². The molecule has 3 rings (SSSR count). The van der Waals surface area contributed by atoms with Gasteiger partial charge >= 0.3 is 0 Å². The lowest BCUT2D eigenvalue weighted by Crippen LogP contribution is -2.51. The lowest BCUT2D eigenvalue weighted by Gasteiger charge is -2.38. The van der Waals surface area contributed by atoms with Crippen molar-refractivity contribution >= 4 is 0 Å². The largest absolute Gasteiger partial charge is 0.373 e. The molecule has 3 N–H and O–H groups in total. The number of fused-ring (bicyclic) bond motifs is 1. The Kier molecular flexibility index (Phi) is 4.03. The fourth-order valence-electron chi connectivity index (χ4n) is 3.34. The summed E-state index contributed by atoms with van der Waals surface area (Å²) in [7, 11) is 0. The van der Waals surface area contributed by atoms with Crippen LogP contribution in [0.1, 0.15) is 30.0 Å². The van der Waals surface area contributed by atoms with E-state index in [4.69, 9.17) is 10.6 Å². The number of ether oxygens (including phenoxy) is 1. The first-order valence-corrected chi connectivity index (χ1v) is 7.27. The molecule has 1 aromatic rings. The fraction of sp³-hybridized carbons (Fsp3) is 0.600. The molecule has 0 aromatic heterocycles. The summed E-state index contributed by atoms with van der Waals surface area (Å²) in [5.41, 5.74) is 4.36. The fourth-order valence-corrected chi connectivity index (χ4v) is 3.34. The monoisotopic (exact) mass is 279 g/mol. The number of halogens is 1. The van der Waals surface area contributed by atoms with Crippen LogP contribution < -0.4 is 11.3 Å². The van der Waals surface area contributed by atoms with Crippen molar-refractivity contribution in [3.05, 3.63) is 35.1 Å². The molecule has 110 valence electrons. The Bertz CT molecular complexity index is 482. The van der Waals surface area contributed by atoms with Gasteiger partial charge in [-0.25, -0.2) is 4.39 Å². The van der Waals surface area contributed by atoms with E-state index in [0.29, 0.717) is 11.6 Å². The molecule has 2 saturated heterocycles. The van der Waals surface area contributed by atoms with Crippen molar-refractivity contribution in [2.24, 2.45) is 5.84 Å². The molecule has 1 aromatic carbocycles. The maximum Gasteiger partial charge on any atom is 0.128 e. The Morgan fingerprint density at radius 2 is 2.35 bits per heavy atom. The second kappa shape index (κ2) is 5.77. The van der Waals surface area contributed by atoms with Gasteiger partial charge in [-0.15, -0.1) is 0 Å². The van der Waals surface area contributed by atoms with Crippen molar-refractivity contribution in [3.63, 3.8) is 0 Å². The van der Waals surface area contributed by atoms with Gasteiger partial charge in [0.15, 0.2) is 0 Å². The first-order valence-electron chi connectivity index (χ1n) is 7.27. The predicted molar refractivity (Wildman–Crippen MR) is 75.5 cm³/mol. The van der Waals surface area contributed by atoms with Crippen LogP contribution in [0.3, 0.4) is 0 Å². The number of hydrazine groups is 1. The van der Waals surface area contributed by atoms with E-state index in [-0.39, 0.29) is 18.0 Å². The molecule has 2 heterocycles.